The highest BCUT2D eigenvalue weighted by molar-refractivity contribution is 7.99. The van der Waals surface area contributed by atoms with Crippen LogP contribution in [0.5, 0.6) is 0 Å². The van der Waals surface area contributed by atoms with Gasteiger partial charge in [0.1, 0.15) is 0 Å². The van der Waals surface area contributed by atoms with E-state index in [2.05, 4.69) is 73.3 Å². The molecule has 1 aliphatic rings. The Balaban J connectivity index is 1.66. The van der Waals surface area contributed by atoms with E-state index in [1.54, 1.807) is 0 Å². The maximum atomic E-state index is 11.3. The zero-order chi connectivity index (χ0) is 17.7. The van der Waals surface area contributed by atoms with Gasteiger partial charge in [0.05, 0.1) is 5.60 Å². The molecule has 1 N–H and O–H groups in total. The van der Waals surface area contributed by atoms with Crippen LogP contribution in [0, 0.1) is 5.92 Å². The molecule has 0 aliphatic carbocycles. The Bertz CT molecular complexity index is 663. The standard InChI is InChI=1S/C22H29NOS/c1-18(2)17-25-21-11-7-6-10-20(21)22(24)12-14-23(15-13-22)16-19-8-4-3-5-9-19/h3-11,18,24H,12-17H2,1-2H3. The van der Waals surface area contributed by atoms with Crippen LogP contribution in [0.2, 0.25) is 0 Å². The molecule has 0 spiro atoms. The van der Waals surface area contributed by atoms with Crippen LogP contribution in [-0.2, 0) is 12.1 Å². The number of piperidine rings is 1. The van der Waals surface area contributed by atoms with Gasteiger partial charge >= 0.3 is 0 Å². The highest BCUT2D eigenvalue weighted by atomic mass is 32.2. The van der Waals surface area contributed by atoms with Gasteiger partial charge in [0.2, 0.25) is 0 Å². The average Bonchev–Trinajstić information content (AvgIpc) is 2.63. The second kappa shape index (κ2) is 8.39. The molecule has 0 radical (unpaired) electrons. The van der Waals surface area contributed by atoms with Crippen molar-refractivity contribution in [2.24, 2.45) is 5.92 Å². The van der Waals surface area contributed by atoms with Crippen molar-refractivity contribution >= 4 is 11.8 Å². The van der Waals surface area contributed by atoms with E-state index >= 15 is 0 Å². The maximum Gasteiger partial charge on any atom is 0.0931 e. The molecule has 0 amide bonds. The summed E-state index contributed by atoms with van der Waals surface area (Å²) in [6.07, 6.45) is 1.61. The van der Waals surface area contributed by atoms with Crippen molar-refractivity contribution < 1.29 is 5.11 Å². The lowest BCUT2D eigenvalue weighted by Gasteiger charge is -2.39. The Labute approximate surface area is 156 Å². The first-order valence-electron chi connectivity index (χ1n) is 9.28. The smallest absolute Gasteiger partial charge is 0.0931 e. The molecule has 0 atom stereocenters. The fraction of sp³-hybridized carbons (Fsp3) is 0.455. The first-order valence-corrected chi connectivity index (χ1v) is 10.3. The topological polar surface area (TPSA) is 23.5 Å². The molecular formula is C22H29NOS. The summed E-state index contributed by atoms with van der Waals surface area (Å²) < 4.78 is 0. The zero-order valence-corrected chi connectivity index (χ0v) is 16.1. The lowest BCUT2D eigenvalue weighted by Crippen LogP contribution is -2.42. The summed E-state index contributed by atoms with van der Waals surface area (Å²) in [7, 11) is 0. The summed E-state index contributed by atoms with van der Waals surface area (Å²) in [5, 5.41) is 11.3. The van der Waals surface area contributed by atoms with E-state index in [0.29, 0.717) is 5.92 Å². The van der Waals surface area contributed by atoms with Gasteiger partial charge in [-0.3, -0.25) is 4.90 Å². The Hall–Kier alpha value is -1.29. The van der Waals surface area contributed by atoms with E-state index in [4.69, 9.17) is 0 Å². The first kappa shape index (κ1) is 18.5. The molecule has 1 fully saturated rings. The number of thioether (sulfide) groups is 1. The number of hydrogen-bond acceptors (Lipinski definition) is 3. The highest BCUT2D eigenvalue weighted by Crippen LogP contribution is 2.39. The van der Waals surface area contributed by atoms with Gasteiger partial charge in [0.25, 0.3) is 0 Å². The lowest BCUT2D eigenvalue weighted by molar-refractivity contribution is -0.0297. The summed E-state index contributed by atoms with van der Waals surface area (Å²) in [6.45, 7) is 7.34. The van der Waals surface area contributed by atoms with Gasteiger partial charge in [-0.05, 0) is 36.0 Å². The van der Waals surface area contributed by atoms with Crippen LogP contribution in [0.15, 0.2) is 59.5 Å². The minimum absolute atomic E-state index is 0.653. The molecule has 1 heterocycles. The molecule has 3 heteroatoms. The average molecular weight is 356 g/mol. The monoisotopic (exact) mass is 355 g/mol. The van der Waals surface area contributed by atoms with E-state index < -0.39 is 5.60 Å². The largest absolute Gasteiger partial charge is 0.385 e. The fourth-order valence-corrected chi connectivity index (χ4v) is 4.53. The molecule has 3 rings (SSSR count). The normalized spacial score (nSPS) is 17.8. The number of rotatable bonds is 6. The summed E-state index contributed by atoms with van der Waals surface area (Å²) >= 11 is 1.88. The predicted octanol–water partition coefficient (Wildman–Crippen LogP) is 4.92. The molecule has 0 bridgehead atoms. The Morgan fingerprint density at radius 2 is 1.64 bits per heavy atom. The molecule has 0 unspecified atom stereocenters. The molecule has 1 aliphatic heterocycles. The minimum Gasteiger partial charge on any atom is -0.385 e. The van der Waals surface area contributed by atoms with Gasteiger partial charge in [0.15, 0.2) is 0 Å². The number of hydrogen-bond donors (Lipinski definition) is 1. The first-order chi connectivity index (χ1) is 12.1. The number of nitrogens with zero attached hydrogens (tertiary/aromatic N) is 1. The van der Waals surface area contributed by atoms with Crippen molar-refractivity contribution in [3.63, 3.8) is 0 Å². The summed E-state index contributed by atoms with van der Waals surface area (Å²) in [5.41, 5.74) is 1.79. The second-order valence-corrected chi connectivity index (χ2v) is 8.56. The van der Waals surface area contributed by atoms with Crippen LogP contribution < -0.4 is 0 Å². The molecule has 0 aromatic heterocycles. The summed E-state index contributed by atoms with van der Waals surface area (Å²) in [4.78, 5) is 3.70. The van der Waals surface area contributed by atoms with Crippen LogP contribution in [0.1, 0.15) is 37.8 Å². The van der Waals surface area contributed by atoms with Crippen molar-refractivity contribution in [3.8, 4) is 0 Å². The Kier molecular flexibility index (Phi) is 6.21. The number of benzene rings is 2. The molecule has 0 saturated carbocycles. The molecule has 2 aromatic rings. The van der Waals surface area contributed by atoms with Crippen molar-refractivity contribution in [2.45, 2.75) is 43.7 Å². The van der Waals surface area contributed by atoms with Gasteiger partial charge in [0, 0.05) is 30.3 Å². The van der Waals surface area contributed by atoms with Gasteiger partial charge in [-0.1, -0.05) is 62.4 Å². The zero-order valence-electron chi connectivity index (χ0n) is 15.3. The maximum absolute atomic E-state index is 11.3. The minimum atomic E-state index is -0.687. The van der Waals surface area contributed by atoms with Gasteiger partial charge in [-0.2, -0.15) is 0 Å². The van der Waals surface area contributed by atoms with Gasteiger partial charge < -0.3 is 5.11 Å². The second-order valence-electron chi connectivity index (χ2n) is 7.49. The Morgan fingerprint density at radius 3 is 2.32 bits per heavy atom. The SMILES string of the molecule is CC(C)CSc1ccccc1C1(O)CCN(Cc2ccccc2)CC1. The van der Waals surface area contributed by atoms with Crippen LogP contribution in [0.3, 0.4) is 0 Å². The molecule has 25 heavy (non-hydrogen) atoms. The fourth-order valence-electron chi connectivity index (χ4n) is 3.43. The predicted molar refractivity (Wildman–Crippen MR) is 107 cm³/mol. The van der Waals surface area contributed by atoms with E-state index in [9.17, 15) is 5.11 Å². The van der Waals surface area contributed by atoms with Crippen LogP contribution in [-0.4, -0.2) is 28.8 Å². The number of likely N-dealkylation sites (tertiary alicyclic amines) is 1. The van der Waals surface area contributed by atoms with E-state index in [0.717, 1.165) is 43.8 Å². The Morgan fingerprint density at radius 1 is 1.00 bits per heavy atom. The third-order valence-electron chi connectivity index (χ3n) is 4.89. The number of aliphatic hydroxyl groups is 1. The molecule has 2 nitrogen and oxygen atoms in total. The lowest BCUT2D eigenvalue weighted by atomic mass is 9.84. The van der Waals surface area contributed by atoms with E-state index in [1.165, 1.54) is 10.5 Å². The molecular weight excluding hydrogens is 326 g/mol. The van der Waals surface area contributed by atoms with Gasteiger partial charge in [-0.15, -0.1) is 11.8 Å². The van der Waals surface area contributed by atoms with Crippen LogP contribution >= 0.6 is 11.8 Å². The molecule has 1 saturated heterocycles. The van der Waals surface area contributed by atoms with Crippen molar-refractivity contribution in [1.29, 1.82) is 0 Å². The van der Waals surface area contributed by atoms with Crippen LogP contribution in [0.25, 0.3) is 0 Å². The van der Waals surface area contributed by atoms with E-state index in [-0.39, 0.29) is 0 Å². The summed E-state index contributed by atoms with van der Waals surface area (Å²) in [6, 6.07) is 19.0. The quantitative estimate of drug-likeness (QED) is 0.744. The van der Waals surface area contributed by atoms with Crippen molar-refractivity contribution in [1.82, 2.24) is 4.90 Å². The molecule has 2 aromatic carbocycles. The third kappa shape index (κ3) is 4.87. The third-order valence-corrected chi connectivity index (χ3v) is 6.39. The van der Waals surface area contributed by atoms with Crippen LogP contribution in [0.4, 0.5) is 0 Å². The van der Waals surface area contributed by atoms with Crippen molar-refractivity contribution in [2.75, 3.05) is 18.8 Å². The van der Waals surface area contributed by atoms with E-state index in [1.807, 2.05) is 11.8 Å². The summed E-state index contributed by atoms with van der Waals surface area (Å²) in [5.74, 6) is 1.74. The highest BCUT2D eigenvalue weighted by Gasteiger charge is 2.35. The van der Waals surface area contributed by atoms with Gasteiger partial charge in [-0.25, -0.2) is 0 Å². The molecule has 134 valence electrons. The van der Waals surface area contributed by atoms with Crippen molar-refractivity contribution in [3.05, 3.63) is 65.7 Å².